The third-order valence-corrected chi connectivity index (χ3v) is 8.43. The number of sulfonamides is 1. The Morgan fingerprint density at radius 2 is 1.67 bits per heavy atom. The molecule has 2 fully saturated rings. The molecule has 1 atom stereocenters. The lowest BCUT2D eigenvalue weighted by atomic mass is 9.98. The first kappa shape index (κ1) is 23.7. The topological polar surface area (TPSA) is 60.9 Å². The number of benzene rings is 2. The summed E-state index contributed by atoms with van der Waals surface area (Å²) in [5, 5.41) is 0. The average Bonchev–Trinajstić information content (AvgIpc) is 2.85. The summed E-state index contributed by atoms with van der Waals surface area (Å²) in [5.74, 6) is -0.165. The molecule has 0 saturated carbocycles. The van der Waals surface area contributed by atoms with Gasteiger partial charge in [-0.15, -0.1) is 0 Å². The number of piperazine rings is 1. The summed E-state index contributed by atoms with van der Waals surface area (Å²) in [6.45, 7) is 6.61. The standard InChI is InChI=1S/C26H33N3O3S/c1-22-11-13-25(14-12-22)33(31,32)29-16-6-10-24(21-29)26(30)28-19-17-27(18-20-28)15-5-9-23-7-3-2-4-8-23/h2-5,7-9,11-14,24H,6,10,15-21H2,1H3/b9-5+/t24-/m0/s1. The van der Waals surface area contributed by atoms with E-state index in [0.29, 0.717) is 31.0 Å². The SMILES string of the molecule is Cc1ccc(S(=O)(=O)N2CCC[C@H](C(=O)N3CCN(C/C=C/c4ccccc4)CC3)C2)cc1. The molecule has 33 heavy (non-hydrogen) atoms. The fraction of sp³-hybridized carbons (Fsp3) is 0.423. The van der Waals surface area contributed by atoms with Crippen LogP contribution in [0.25, 0.3) is 6.08 Å². The first-order valence-corrected chi connectivity index (χ1v) is 13.2. The molecule has 2 aliphatic heterocycles. The molecule has 2 saturated heterocycles. The lowest BCUT2D eigenvalue weighted by Gasteiger charge is -2.38. The molecule has 0 bridgehead atoms. The van der Waals surface area contributed by atoms with Gasteiger partial charge in [-0.1, -0.05) is 60.2 Å². The number of amides is 1. The van der Waals surface area contributed by atoms with Crippen LogP contribution in [0.3, 0.4) is 0 Å². The molecule has 4 rings (SSSR count). The second kappa shape index (κ2) is 10.6. The third-order valence-electron chi connectivity index (χ3n) is 6.55. The Morgan fingerprint density at radius 3 is 2.36 bits per heavy atom. The molecular weight excluding hydrogens is 434 g/mol. The van der Waals surface area contributed by atoms with Crippen molar-refractivity contribution in [2.45, 2.75) is 24.7 Å². The van der Waals surface area contributed by atoms with Gasteiger partial charge in [0.05, 0.1) is 10.8 Å². The zero-order valence-corrected chi connectivity index (χ0v) is 20.1. The van der Waals surface area contributed by atoms with Crippen molar-refractivity contribution in [1.82, 2.24) is 14.1 Å². The number of rotatable bonds is 6. The molecule has 0 aromatic heterocycles. The van der Waals surface area contributed by atoms with Crippen LogP contribution in [0.2, 0.25) is 0 Å². The largest absolute Gasteiger partial charge is 0.340 e. The minimum Gasteiger partial charge on any atom is -0.340 e. The lowest BCUT2D eigenvalue weighted by molar-refractivity contribution is -0.138. The lowest BCUT2D eigenvalue weighted by Crippen LogP contribution is -2.53. The van der Waals surface area contributed by atoms with Crippen LogP contribution in [0.15, 0.2) is 65.6 Å². The van der Waals surface area contributed by atoms with Gasteiger partial charge in [0, 0.05) is 45.8 Å². The molecular formula is C26H33N3O3S. The maximum atomic E-state index is 13.2. The van der Waals surface area contributed by atoms with E-state index in [1.54, 1.807) is 12.1 Å². The zero-order chi connectivity index (χ0) is 23.3. The number of carbonyl (C=O) groups is 1. The fourth-order valence-corrected chi connectivity index (χ4v) is 6.06. The molecule has 1 amide bonds. The maximum absolute atomic E-state index is 13.2. The summed E-state index contributed by atoms with van der Waals surface area (Å²) in [6, 6.07) is 17.2. The van der Waals surface area contributed by atoms with Crippen molar-refractivity contribution in [2.75, 3.05) is 45.8 Å². The van der Waals surface area contributed by atoms with E-state index in [4.69, 9.17) is 0 Å². The maximum Gasteiger partial charge on any atom is 0.243 e. The second-order valence-corrected chi connectivity index (χ2v) is 10.9. The van der Waals surface area contributed by atoms with E-state index in [-0.39, 0.29) is 18.4 Å². The van der Waals surface area contributed by atoms with Gasteiger partial charge in [0.25, 0.3) is 0 Å². The van der Waals surface area contributed by atoms with Crippen molar-refractivity contribution in [2.24, 2.45) is 5.92 Å². The number of aryl methyl sites for hydroxylation is 1. The van der Waals surface area contributed by atoms with E-state index in [1.165, 1.54) is 9.87 Å². The summed E-state index contributed by atoms with van der Waals surface area (Å²) >= 11 is 0. The van der Waals surface area contributed by atoms with Gasteiger partial charge in [0.2, 0.25) is 15.9 Å². The molecule has 2 aliphatic rings. The highest BCUT2D eigenvalue weighted by molar-refractivity contribution is 7.89. The monoisotopic (exact) mass is 467 g/mol. The summed E-state index contributed by atoms with van der Waals surface area (Å²) in [5.41, 5.74) is 2.21. The van der Waals surface area contributed by atoms with E-state index < -0.39 is 10.0 Å². The van der Waals surface area contributed by atoms with Gasteiger partial charge in [0.1, 0.15) is 0 Å². The molecule has 7 heteroatoms. The minimum absolute atomic E-state index is 0.0956. The quantitative estimate of drug-likeness (QED) is 0.654. The molecule has 6 nitrogen and oxygen atoms in total. The summed E-state index contributed by atoms with van der Waals surface area (Å²) < 4.78 is 27.6. The molecule has 0 aliphatic carbocycles. The average molecular weight is 468 g/mol. The Kier molecular flexibility index (Phi) is 7.63. The number of hydrogen-bond donors (Lipinski definition) is 0. The van der Waals surface area contributed by atoms with Crippen molar-refractivity contribution in [1.29, 1.82) is 0 Å². The van der Waals surface area contributed by atoms with Gasteiger partial charge in [-0.05, 0) is 37.5 Å². The Labute approximate surface area is 197 Å². The van der Waals surface area contributed by atoms with Gasteiger partial charge in [-0.25, -0.2) is 8.42 Å². The zero-order valence-electron chi connectivity index (χ0n) is 19.3. The van der Waals surface area contributed by atoms with Crippen LogP contribution in [0.4, 0.5) is 0 Å². The van der Waals surface area contributed by atoms with Crippen LogP contribution >= 0.6 is 0 Å². The van der Waals surface area contributed by atoms with Gasteiger partial charge in [0.15, 0.2) is 0 Å². The molecule has 0 N–H and O–H groups in total. The van der Waals surface area contributed by atoms with Crippen molar-refractivity contribution in [3.05, 3.63) is 71.8 Å². The van der Waals surface area contributed by atoms with Crippen molar-refractivity contribution in [3.63, 3.8) is 0 Å². The van der Waals surface area contributed by atoms with E-state index in [0.717, 1.165) is 31.6 Å². The van der Waals surface area contributed by atoms with Crippen LogP contribution in [0.5, 0.6) is 0 Å². The smallest absolute Gasteiger partial charge is 0.243 e. The molecule has 0 radical (unpaired) electrons. The predicted octanol–water partition coefficient (Wildman–Crippen LogP) is 3.25. The first-order chi connectivity index (χ1) is 15.9. The Bertz CT molecular complexity index is 1060. The first-order valence-electron chi connectivity index (χ1n) is 11.7. The van der Waals surface area contributed by atoms with E-state index >= 15 is 0 Å². The predicted molar refractivity (Wildman–Crippen MR) is 131 cm³/mol. The Balaban J connectivity index is 1.29. The van der Waals surface area contributed by atoms with Gasteiger partial charge in [-0.3, -0.25) is 9.69 Å². The Morgan fingerprint density at radius 1 is 0.970 bits per heavy atom. The molecule has 0 unspecified atom stereocenters. The third kappa shape index (κ3) is 5.91. The van der Waals surface area contributed by atoms with Crippen molar-refractivity contribution in [3.8, 4) is 0 Å². The van der Waals surface area contributed by atoms with E-state index in [9.17, 15) is 13.2 Å². The Hall–Kier alpha value is -2.48. The highest BCUT2D eigenvalue weighted by Gasteiger charge is 2.35. The fourth-order valence-electron chi connectivity index (χ4n) is 4.53. The summed E-state index contributed by atoms with van der Waals surface area (Å²) in [6.07, 6.45) is 5.76. The second-order valence-electron chi connectivity index (χ2n) is 8.95. The number of piperidine rings is 1. The highest BCUT2D eigenvalue weighted by atomic mass is 32.2. The number of hydrogen-bond acceptors (Lipinski definition) is 4. The van der Waals surface area contributed by atoms with Gasteiger partial charge < -0.3 is 4.90 Å². The van der Waals surface area contributed by atoms with Gasteiger partial charge in [-0.2, -0.15) is 4.31 Å². The summed E-state index contributed by atoms with van der Waals surface area (Å²) in [7, 11) is -3.57. The van der Waals surface area contributed by atoms with E-state index in [1.807, 2.05) is 42.2 Å². The van der Waals surface area contributed by atoms with Crippen LogP contribution in [-0.2, 0) is 14.8 Å². The van der Waals surface area contributed by atoms with Crippen LogP contribution in [0.1, 0.15) is 24.0 Å². The molecule has 2 aromatic rings. The van der Waals surface area contributed by atoms with Crippen molar-refractivity contribution >= 4 is 22.0 Å². The summed E-state index contributed by atoms with van der Waals surface area (Å²) in [4.78, 5) is 17.8. The molecule has 2 aromatic carbocycles. The van der Waals surface area contributed by atoms with Crippen LogP contribution in [0, 0.1) is 12.8 Å². The van der Waals surface area contributed by atoms with Gasteiger partial charge >= 0.3 is 0 Å². The van der Waals surface area contributed by atoms with E-state index in [2.05, 4.69) is 29.2 Å². The van der Waals surface area contributed by atoms with Crippen LogP contribution in [-0.4, -0.2) is 74.2 Å². The number of nitrogens with zero attached hydrogens (tertiary/aromatic N) is 3. The normalized spacial score (nSPS) is 20.9. The van der Waals surface area contributed by atoms with Crippen LogP contribution < -0.4 is 0 Å². The molecule has 2 heterocycles. The highest BCUT2D eigenvalue weighted by Crippen LogP contribution is 2.25. The minimum atomic E-state index is -3.57. The van der Waals surface area contributed by atoms with Crippen molar-refractivity contribution < 1.29 is 13.2 Å². The number of carbonyl (C=O) groups excluding carboxylic acids is 1. The molecule has 0 spiro atoms. The molecule has 176 valence electrons.